The highest BCUT2D eigenvalue weighted by atomic mass is 16.4. The zero-order chi connectivity index (χ0) is 13.8. The summed E-state index contributed by atoms with van der Waals surface area (Å²) in [6.07, 6.45) is 1.49. The standard InChI is InChI=1S/C14H14N2O3/c15-12-5-6-13(17)16(9-12)8-11-4-2-1-3-10(11)7-14(18)19/h1-6,9H,7-8,15H2,(H,18,19). The molecule has 19 heavy (non-hydrogen) atoms. The molecule has 5 nitrogen and oxygen atoms in total. The summed E-state index contributed by atoms with van der Waals surface area (Å²) in [5.74, 6) is -0.896. The van der Waals surface area contributed by atoms with E-state index in [0.29, 0.717) is 17.8 Å². The Balaban J connectivity index is 2.35. The van der Waals surface area contributed by atoms with Gasteiger partial charge in [-0.25, -0.2) is 0 Å². The van der Waals surface area contributed by atoms with Gasteiger partial charge in [-0.1, -0.05) is 24.3 Å². The van der Waals surface area contributed by atoms with E-state index in [1.165, 1.54) is 10.6 Å². The number of carbonyl (C=O) groups is 1. The minimum Gasteiger partial charge on any atom is -0.481 e. The lowest BCUT2D eigenvalue weighted by Gasteiger charge is -2.10. The molecule has 1 aromatic carbocycles. The second-order valence-corrected chi connectivity index (χ2v) is 4.27. The van der Waals surface area contributed by atoms with E-state index in [-0.39, 0.29) is 12.0 Å². The van der Waals surface area contributed by atoms with Crippen molar-refractivity contribution in [2.24, 2.45) is 0 Å². The van der Waals surface area contributed by atoms with Gasteiger partial charge >= 0.3 is 5.97 Å². The average Bonchev–Trinajstić information content (AvgIpc) is 2.35. The van der Waals surface area contributed by atoms with E-state index in [9.17, 15) is 9.59 Å². The molecule has 0 spiro atoms. The van der Waals surface area contributed by atoms with Crippen LogP contribution in [-0.4, -0.2) is 15.6 Å². The minimum absolute atomic E-state index is 0.0623. The number of benzene rings is 1. The smallest absolute Gasteiger partial charge is 0.307 e. The Morgan fingerprint density at radius 2 is 1.84 bits per heavy atom. The van der Waals surface area contributed by atoms with Gasteiger partial charge in [0.2, 0.25) is 0 Å². The van der Waals surface area contributed by atoms with E-state index in [1.54, 1.807) is 24.4 Å². The Morgan fingerprint density at radius 3 is 2.53 bits per heavy atom. The number of hydrogen-bond donors (Lipinski definition) is 2. The van der Waals surface area contributed by atoms with Crippen molar-refractivity contribution in [1.82, 2.24) is 4.57 Å². The van der Waals surface area contributed by atoms with Gasteiger partial charge in [-0.3, -0.25) is 9.59 Å². The van der Waals surface area contributed by atoms with E-state index in [4.69, 9.17) is 10.8 Å². The van der Waals surface area contributed by atoms with Gasteiger partial charge in [-0.05, 0) is 17.2 Å². The first-order valence-electron chi connectivity index (χ1n) is 5.81. The summed E-state index contributed by atoms with van der Waals surface area (Å²) in [6, 6.07) is 10.1. The Hall–Kier alpha value is -2.56. The molecule has 0 amide bonds. The van der Waals surface area contributed by atoms with Crippen LogP contribution in [0.15, 0.2) is 47.4 Å². The van der Waals surface area contributed by atoms with Crippen LogP contribution in [0.25, 0.3) is 0 Å². The van der Waals surface area contributed by atoms with E-state index in [2.05, 4.69) is 0 Å². The van der Waals surface area contributed by atoms with Crippen LogP contribution < -0.4 is 11.3 Å². The summed E-state index contributed by atoms with van der Waals surface area (Å²) in [4.78, 5) is 22.5. The number of anilines is 1. The fourth-order valence-electron chi connectivity index (χ4n) is 1.90. The van der Waals surface area contributed by atoms with Crippen LogP contribution in [0.5, 0.6) is 0 Å². The third-order valence-electron chi connectivity index (χ3n) is 2.81. The highest BCUT2D eigenvalue weighted by Gasteiger charge is 2.07. The van der Waals surface area contributed by atoms with Crippen molar-refractivity contribution in [1.29, 1.82) is 0 Å². The summed E-state index contributed by atoms with van der Waals surface area (Å²) in [7, 11) is 0. The second-order valence-electron chi connectivity index (χ2n) is 4.27. The molecule has 0 saturated carbocycles. The first-order chi connectivity index (χ1) is 9.06. The molecule has 3 N–H and O–H groups in total. The predicted molar refractivity (Wildman–Crippen MR) is 72.0 cm³/mol. The van der Waals surface area contributed by atoms with Crippen molar-refractivity contribution in [2.45, 2.75) is 13.0 Å². The summed E-state index contributed by atoms with van der Waals surface area (Å²) in [6.45, 7) is 0.313. The molecule has 0 bridgehead atoms. The number of aromatic nitrogens is 1. The number of carboxylic acids is 1. The summed E-state index contributed by atoms with van der Waals surface area (Å²) in [5, 5.41) is 8.87. The normalized spacial score (nSPS) is 10.3. The van der Waals surface area contributed by atoms with E-state index < -0.39 is 5.97 Å². The third kappa shape index (κ3) is 3.22. The third-order valence-corrected chi connectivity index (χ3v) is 2.81. The Morgan fingerprint density at radius 1 is 1.16 bits per heavy atom. The van der Waals surface area contributed by atoms with Crippen LogP contribution in [0.3, 0.4) is 0 Å². The quantitative estimate of drug-likeness (QED) is 0.860. The number of aliphatic carboxylic acids is 1. The SMILES string of the molecule is Nc1ccc(=O)n(Cc2ccccc2CC(=O)O)c1. The lowest BCUT2D eigenvalue weighted by molar-refractivity contribution is -0.136. The van der Waals surface area contributed by atoms with E-state index in [0.717, 1.165) is 5.56 Å². The number of pyridine rings is 1. The summed E-state index contributed by atoms with van der Waals surface area (Å²) < 4.78 is 1.47. The number of carboxylic acid groups (broad SMARTS) is 1. The van der Waals surface area contributed by atoms with Crippen molar-refractivity contribution >= 4 is 11.7 Å². The van der Waals surface area contributed by atoms with Gasteiger partial charge in [0.25, 0.3) is 5.56 Å². The largest absolute Gasteiger partial charge is 0.481 e. The fourth-order valence-corrected chi connectivity index (χ4v) is 1.90. The van der Waals surface area contributed by atoms with Crippen molar-refractivity contribution in [2.75, 3.05) is 5.73 Å². The molecule has 1 heterocycles. The van der Waals surface area contributed by atoms with Gasteiger partial charge in [0.1, 0.15) is 0 Å². The summed E-state index contributed by atoms with van der Waals surface area (Å²) >= 11 is 0. The summed E-state index contributed by atoms with van der Waals surface area (Å²) in [5.41, 5.74) is 7.48. The molecule has 5 heteroatoms. The molecule has 0 unspecified atom stereocenters. The number of nitrogens with zero attached hydrogens (tertiary/aromatic N) is 1. The molecule has 0 aliphatic heterocycles. The van der Waals surface area contributed by atoms with Crippen LogP contribution >= 0.6 is 0 Å². The van der Waals surface area contributed by atoms with Crippen molar-refractivity contribution in [3.05, 3.63) is 64.1 Å². The van der Waals surface area contributed by atoms with E-state index >= 15 is 0 Å². The van der Waals surface area contributed by atoms with Crippen LogP contribution in [0.2, 0.25) is 0 Å². The maximum Gasteiger partial charge on any atom is 0.307 e. The number of nitrogen functional groups attached to an aromatic ring is 1. The monoisotopic (exact) mass is 258 g/mol. The molecular weight excluding hydrogens is 244 g/mol. The van der Waals surface area contributed by atoms with Crippen molar-refractivity contribution < 1.29 is 9.90 Å². The van der Waals surface area contributed by atoms with Gasteiger partial charge in [0.15, 0.2) is 0 Å². The zero-order valence-electron chi connectivity index (χ0n) is 10.2. The highest BCUT2D eigenvalue weighted by molar-refractivity contribution is 5.70. The maximum absolute atomic E-state index is 11.7. The minimum atomic E-state index is -0.896. The number of hydrogen-bond acceptors (Lipinski definition) is 3. The first kappa shape index (κ1) is 12.9. The molecule has 1 aromatic heterocycles. The molecule has 98 valence electrons. The molecule has 2 rings (SSSR count). The lowest BCUT2D eigenvalue weighted by Crippen LogP contribution is -2.20. The first-order valence-corrected chi connectivity index (χ1v) is 5.81. The van der Waals surface area contributed by atoms with Gasteiger partial charge < -0.3 is 15.4 Å². The van der Waals surface area contributed by atoms with Crippen LogP contribution in [0.4, 0.5) is 5.69 Å². The van der Waals surface area contributed by atoms with Crippen LogP contribution in [0.1, 0.15) is 11.1 Å². The highest BCUT2D eigenvalue weighted by Crippen LogP contribution is 2.11. The van der Waals surface area contributed by atoms with Crippen molar-refractivity contribution in [3.8, 4) is 0 Å². The predicted octanol–water partition coefficient (Wildman–Crippen LogP) is 1.11. The maximum atomic E-state index is 11.7. The molecule has 2 aromatic rings. The molecule has 0 atom stereocenters. The van der Waals surface area contributed by atoms with Crippen LogP contribution in [0, 0.1) is 0 Å². The van der Waals surface area contributed by atoms with Crippen LogP contribution in [-0.2, 0) is 17.8 Å². The molecule has 0 radical (unpaired) electrons. The number of nitrogens with two attached hydrogens (primary N) is 1. The number of rotatable bonds is 4. The fraction of sp³-hybridized carbons (Fsp3) is 0.143. The van der Waals surface area contributed by atoms with Gasteiger partial charge in [0, 0.05) is 18.0 Å². The molecule has 0 aliphatic rings. The lowest BCUT2D eigenvalue weighted by atomic mass is 10.0. The molecule has 0 saturated heterocycles. The van der Waals surface area contributed by atoms with Gasteiger partial charge in [-0.2, -0.15) is 0 Å². The van der Waals surface area contributed by atoms with Crippen molar-refractivity contribution in [3.63, 3.8) is 0 Å². The van der Waals surface area contributed by atoms with Gasteiger partial charge in [-0.15, -0.1) is 0 Å². The zero-order valence-corrected chi connectivity index (χ0v) is 10.2. The Labute approximate surface area is 109 Å². The second kappa shape index (κ2) is 5.39. The average molecular weight is 258 g/mol. The Bertz CT molecular complexity index is 662. The molecule has 0 fully saturated rings. The molecule has 0 aliphatic carbocycles. The topological polar surface area (TPSA) is 85.3 Å². The van der Waals surface area contributed by atoms with E-state index in [1.807, 2.05) is 12.1 Å². The Kier molecular flexibility index (Phi) is 3.66. The van der Waals surface area contributed by atoms with Gasteiger partial charge in [0.05, 0.1) is 13.0 Å². The molecular formula is C14H14N2O3.